The number of aromatic nitrogens is 2. The number of anilines is 1. The lowest BCUT2D eigenvalue weighted by Crippen LogP contribution is -2.40. The third-order valence-electron chi connectivity index (χ3n) is 5.12. The average molecular weight is 389 g/mol. The first-order valence-electron chi connectivity index (χ1n) is 9.22. The van der Waals surface area contributed by atoms with Gasteiger partial charge in [-0.15, -0.1) is 0 Å². The zero-order chi connectivity index (χ0) is 19.1. The molecule has 2 aromatic carbocycles. The first-order chi connectivity index (χ1) is 13.8. The van der Waals surface area contributed by atoms with Crippen molar-refractivity contribution in [3.63, 3.8) is 0 Å². The number of nitrogens with zero attached hydrogens (tertiary/aromatic N) is 3. The molecule has 0 aliphatic carbocycles. The normalized spacial score (nSPS) is 15.5. The Labute approximate surface area is 167 Å². The maximum Gasteiger partial charge on any atom is 0.294 e. The zero-order valence-corrected chi connectivity index (χ0v) is 16.2. The maximum atomic E-state index is 13.4. The molecule has 1 aliphatic rings. The predicted molar refractivity (Wildman–Crippen MR) is 112 cm³/mol. The van der Waals surface area contributed by atoms with E-state index >= 15 is 0 Å². The number of hydrogen-bond donors (Lipinski definition) is 0. The van der Waals surface area contributed by atoms with Gasteiger partial charge >= 0.3 is 0 Å². The highest BCUT2D eigenvalue weighted by Gasteiger charge is 2.38. The molecule has 0 radical (unpaired) electrons. The van der Waals surface area contributed by atoms with Gasteiger partial charge in [0.2, 0.25) is 0 Å². The molecule has 0 N–H and O–H groups in total. The molecule has 0 spiro atoms. The number of carbonyl (C=O) groups is 1. The van der Waals surface area contributed by atoms with Crippen molar-refractivity contribution in [3.8, 4) is 5.69 Å². The zero-order valence-electron chi connectivity index (χ0n) is 15.4. The molecule has 6 heteroatoms. The number of amides is 1. The van der Waals surface area contributed by atoms with Crippen molar-refractivity contribution in [3.05, 3.63) is 78.5 Å². The molecule has 0 fully saturated rings. The molecule has 4 aromatic rings. The lowest BCUT2D eigenvalue weighted by molar-refractivity contribution is 0.0946. The Hall–Kier alpha value is -2.99. The molecule has 0 saturated carbocycles. The fraction of sp³-hybridized carbons (Fsp3) is 0.182. The van der Waals surface area contributed by atoms with Gasteiger partial charge in [0, 0.05) is 0 Å². The molecule has 0 saturated heterocycles. The van der Waals surface area contributed by atoms with E-state index in [0.29, 0.717) is 5.76 Å². The Morgan fingerprint density at radius 3 is 2.64 bits per heavy atom. The molecule has 3 heterocycles. The van der Waals surface area contributed by atoms with Gasteiger partial charge in [-0.3, -0.25) is 14.3 Å². The van der Waals surface area contributed by atoms with Gasteiger partial charge in [0.25, 0.3) is 5.91 Å². The van der Waals surface area contributed by atoms with Crippen LogP contribution in [0.2, 0.25) is 0 Å². The average Bonchev–Trinajstić information content (AvgIpc) is 3.39. The summed E-state index contributed by atoms with van der Waals surface area (Å²) in [7, 11) is 0. The molecule has 5 nitrogen and oxygen atoms in total. The Morgan fingerprint density at radius 2 is 1.86 bits per heavy atom. The van der Waals surface area contributed by atoms with Gasteiger partial charge in [-0.25, -0.2) is 4.98 Å². The van der Waals surface area contributed by atoms with Crippen LogP contribution in [0.5, 0.6) is 0 Å². The van der Waals surface area contributed by atoms with Crippen LogP contribution < -0.4 is 4.90 Å². The summed E-state index contributed by atoms with van der Waals surface area (Å²) in [5.41, 5.74) is 3.84. The van der Waals surface area contributed by atoms with Gasteiger partial charge in [0.1, 0.15) is 5.82 Å². The SMILES string of the molecule is CSCCC1c2nc3ccccc3n2-c2ccccc2N1C(=O)c1ccco1. The van der Waals surface area contributed by atoms with E-state index in [1.54, 1.807) is 23.9 Å². The monoisotopic (exact) mass is 389 g/mol. The van der Waals surface area contributed by atoms with Crippen LogP contribution in [-0.4, -0.2) is 27.5 Å². The van der Waals surface area contributed by atoms with Crippen LogP contribution in [-0.2, 0) is 0 Å². The largest absolute Gasteiger partial charge is 0.459 e. The number of rotatable bonds is 4. The lowest BCUT2D eigenvalue weighted by atomic mass is 10.0. The van der Waals surface area contributed by atoms with E-state index in [4.69, 9.17) is 9.40 Å². The summed E-state index contributed by atoms with van der Waals surface area (Å²) in [5.74, 6) is 2.03. The first-order valence-corrected chi connectivity index (χ1v) is 10.6. The summed E-state index contributed by atoms with van der Waals surface area (Å²) in [4.78, 5) is 20.2. The standard InChI is InChI=1S/C22H19N3O2S/c1-28-14-12-19-21-23-15-7-2-3-8-16(15)24(21)17-9-4-5-10-18(17)25(19)22(26)20-11-6-13-27-20/h2-11,13,19H,12,14H2,1H3. The molecule has 2 aromatic heterocycles. The quantitative estimate of drug-likeness (QED) is 0.489. The second-order valence-electron chi connectivity index (χ2n) is 6.73. The third kappa shape index (κ3) is 2.56. The molecule has 140 valence electrons. The van der Waals surface area contributed by atoms with Crippen LogP contribution in [0.4, 0.5) is 5.69 Å². The summed E-state index contributed by atoms with van der Waals surface area (Å²) >= 11 is 1.77. The predicted octanol–water partition coefficient (Wildman–Crippen LogP) is 5.07. The van der Waals surface area contributed by atoms with E-state index in [1.807, 2.05) is 47.4 Å². The van der Waals surface area contributed by atoms with Gasteiger partial charge in [-0.1, -0.05) is 24.3 Å². The van der Waals surface area contributed by atoms with Gasteiger partial charge in [0.05, 0.1) is 34.7 Å². The fourth-order valence-corrected chi connectivity index (χ4v) is 4.38. The van der Waals surface area contributed by atoms with Gasteiger partial charge in [-0.05, 0) is 54.8 Å². The van der Waals surface area contributed by atoms with Crippen LogP contribution in [0.15, 0.2) is 71.3 Å². The summed E-state index contributed by atoms with van der Waals surface area (Å²) in [6.45, 7) is 0. The minimum atomic E-state index is -0.160. The van der Waals surface area contributed by atoms with E-state index in [2.05, 4.69) is 16.9 Å². The van der Waals surface area contributed by atoms with E-state index < -0.39 is 0 Å². The van der Waals surface area contributed by atoms with Crippen molar-refractivity contribution in [2.75, 3.05) is 16.9 Å². The van der Waals surface area contributed by atoms with Crippen molar-refractivity contribution >= 4 is 34.4 Å². The lowest BCUT2D eigenvalue weighted by Gasteiger charge is -2.37. The topological polar surface area (TPSA) is 51.3 Å². The van der Waals surface area contributed by atoms with Crippen molar-refractivity contribution in [1.29, 1.82) is 0 Å². The van der Waals surface area contributed by atoms with Gasteiger partial charge in [-0.2, -0.15) is 11.8 Å². The molecule has 5 rings (SSSR count). The number of carbonyl (C=O) groups excluding carboxylic acids is 1. The highest BCUT2D eigenvalue weighted by molar-refractivity contribution is 7.98. The number of hydrogen-bond acceptors (Lipinski definition) is 4. The van der Waals surface area contributed by atoms with Crippen LogP contribution in [0, 0.1) is 0 Å². The van der Waals surface area contributed by atoms with Gasteiger partial charge in [0.15, 0.2) is 5.76 Å². The summed E-state index contributed by atoms with van der Waals surface area (Å²) < 4.78 is 7.64. The number of fused-ring (bicyclic) bond motifs is 5. The van der Waals surface area contributed by atoms with Crippen LogP contribution in [0.25, 0.3) is 16.7 Å². The minimum absolute atomic E-state index is 0.137. The Kier molecular flexibility index (Phi) is 4.20. The molecular weight excluding hydrogens is 370 g/mol. The van der Waals surface area contributed by atoms with Crippen LogP contribution >= 0.6 is 11.8 Å². The molecule has 1 amide bonds. The summed E-state index contributed by atoms with van der Waals surface area (Å²) in [5, 5.41) is 0. The number of imidazole rings is 1. The molecule has 0 bridgehead atoms. The van der Waals surface area contributed by atoms with Crippen molar-refractivity contribution in [2.45, 2.75) is 12.5 Å². The van der Waals surface area contributed by atoms with Gasteiger partial charge < -0.3 is 4.42 Å². The minimum Gasteiger partial charge on any atom is -0.459 e. The van der Waals surface area contributed by atoms with Crippen molar-refractivity contribution in [2.24, 2.45) is 0 Å². The van der Waals surface area contributed by atoms with E-state index in [1.165, 1.54) is 6.26 Å². The number of para-hydroxylation sites is 4. The second kappa shape index (κ2) is 6.87. The molecule has 1 aliphatic heterocycles. The highest BCUT2D eigenvalue weighted by Crippen LogP contribution is 2.43. The van der Waals surface area contributed by atoms with Crippen molar-refractivity contribution in [1.82, 2.24) is 9.55 Å². The molecule has 1 unspecified atom stereocenters. The van der Waals surface area contributed by atoms with E-state index in [9.17, 15) is 4.79 Å². The Bertz CT molecular complexity index is 1150. The maximum absolute atomic E-state index is 13.4. The Morgan fingerprint density at radius 1 is 1.07 bits per heavy atom. The smallest absolute Gasteiger partial charge is 0.294 e. The summed E-state index contributed by atoms with van der Waals surface area (Å²) in [6.07, 6.45) is 4.43. The highest BCUT2D eigenvalue weighted by atomic mass is 32.2. The fourth-order valence-electron chi connectivity index (χ4n) is 3.92. The molecule has 1 atom stereocenters. The second-order valence-corrected chi connectivity index (χ2v) is 7.72. The van der Waals surface area contributed by atoms with Crippen LogP contribution in [0.1, 0.15) is 28.8 Å². The number of benzene rings is 2. The third-order valence-corrected chi connectivity index (χ3v) is 5.77. The van der Waals surface area contributed by atoms with E-state index in [-0.39, 0.29) is 11.9 Å². The molecule has 28 heavy (non-hydrogen) atoms. The van der Waals surface area contributed by atoms with Crippen LogP contribution in [0.3, 0.4) is 0 Å². The number of furan rings is 1. The summed E-state index contributed by atoms with van der Waals surface area (Å²) in [6, 6.07) is 19.4. The van der Waals surface area contributed by atoms with Crippen molar-refractivity contribution < 1.29 is 9.21 Å². The van der Waals surface area contributed by atoms with E-state index in [0.717, 1.165) is 40.4 Å². The molecular formula is C22H19N3O2S. The first kappa shape index (κ1) is 17.1. The number of thioether (sulfide) groups is 1. The Balaban J connectivity index is 1.76.